The molecule has 0 spiro atoms. The average Bonchev–Trinajstić information content (AvgIpc) is 3.09. The minimum atomic E-state index is 0.129. The van der Waals surface area contributed by atoms with Crippen LogP contribution in [0.5, 0.6) is 0 Å². The highest BCUT2D eigenvalue weighted by Gasteiger charge is 2.25. The third kappa shape index (κ3) is 2.79. The summed E-state index contributed by atoms with van der Waals surface area (Å²) < 4.78 is 1.57. The molecule has 1 amide bonds. The molecule has 1 aromatic heterocycles. The van der Waals surface area contributed by atoms with E-state index in [0.29, 0.717) is 6.04 Å². The van der Waals surface area contributed by atoms with Crippen molar-refractivity contribution in [3.8, 4) is 5.69 Å². The summed E-state index contributed by atoms with van der Waals surface area (Å²) in [6, 6.07) is 7.81. The van der Waals surface area contributed by atoms with Crippen LogP contribution < -0.4 is 0 Å². The van der Waals surface area contributed by atoms with Crippen LogP contribution in [-0.4, -0.2) is 43.6 Å². The summed E-state index contributed by atoms with van der Waals surface area (Å²) in [6.07, 6.45) is 6.00. The molecule has 2 heterocycles. The van der Waals surface area contributed by atoms with Gasteiger partial charge in [-0.25, -0.2) is 4.68 Å². The van der Waals surface area contributed by atoms with E-state index in [1.54, 1.807) is 4.68 Å². The number of carbonyl (C=O) groups is 1. The number of tetrazole rings is 1. The summed E-state index contributed by atoms with van der Waals surface area (Å²) in [5.74, 6) is 0.129. The topological polar surface area (TPSA) is 63.9 Å². The van der Waals surface area contributed by atoms with Crippen LogP contribution in [0.1, 0.15) is 43.0 Å². The first-order chi connectivity index (χ1) is 10.3. The molecule has 1 aliphatic rings. The molecule has 6 heteroatoms. The normalized spacial score (nSPS) is 18.7. The van der Waals surface area contributed by atoms with Crippen molar-refractivity contribution < 1.29 is 4.79 Å². The summed E-state index contributed by atoms with van der Waals surface area (Å²) in [4.78, 5) is 14.7. The molecule has 1 fully saturated rings. The molecule has 1 aromatic carbocycles. The fourth-order valence-corrected chi connectivity index (χ4v) is 2.89. The first-order valence-corrected chi connectivity index (χ1v) is 7.44. The van der Waals surface area contributed by atoms with Crippen molar-refractivity contribution in [2.75, 3.05) is 6.54 Å². The number of benzene rings is 1. The van der Waals surface area contributed by atoms with E-state index in [-0.39, 0.29) is 5.91 Å². The molecule has 1 atom stereocenters. The van der Waals surface area contributed by atoms with Gasteiger partial charge in [-0.1, -0.05) is 6.92 Å². The second-order valence-corrected chi connectivity index (χ2v) is 5.36. The van der Waals surface area contributed by atoms with Crippen molar-refractivity contribution in [2.24, 2.45) is 0 Å². The van der Waals surface area contributed by atoms with Gasteiger partial charge in [0.15, 0.2) is 0 Å². The Morgan fingerprint density at radius 3 is 2.76 bits per heavy atom. The molecule has 0 unspecified atom stereocenters. The monoisotopic (exact) mass is 285 g/mol. The molecule has 0 radical (unpaired) electrons. The van der Waals surface area contributed by atoms with Crippen molar-refractivity contribution in [1.29, 1.82) is 0 Å². The lowest BCUT2D eigenvalue weighted by Crippen LogP contribution is -2.43. The number of amides is 1. The van der Waals surface area contributed by atoms with Crippen molar-refractivity contribution in [3.63, 3.8) is 0 Å². The first kappa shape index (κ1) is 13.7. The molecular formula is C15H19N5O. The minimum Gasteiger partial charge on any atom is -0.336 e. The summed E-state index contributed by atoms with van der Waals surface area (Å²) in [7, 11) is 0. The second-order valence-electron chi connectivity index (χ2n) is 5.36. The Balaban J connectivity index is 1.78. The zero-order valence-electron chi connectivity index (χ0n) is 12.1. The quantitative estimate of drug-likeness (QED) is 0.866. The van der Waals surface area contributed by atoms with Crippen LogP contribution in [0, 0.1) is 0 Å². The van der Waals surface area contributed by atoms with Crippen LogP contribution in [0.3, 0.4) is 0 Å². The van der Waals surface area contributed by atoms with Gasteiger partial charge in [-0.2, -0.15) is 0 Å². The van der Waals surface area contributed by atoms with Crippen LogP contribution in [-0.2, 0) is 0 Å². The van der Waals surface area contributed by atoms with Gasteiger partial charge in [0.2, 0.25) is 0 Å². The Morgan fingerprint density at radius 2 is 2.10 bits per heavy atom. The van der Waals surface area contributed by atoms with E-state index >= 15 is 0 Å². The van der Waals surface area contributed by atoms with Crippen LogP contribution in [0.2, 0.25) is 0 Å². The van der Waals surface area contributed by atoms with E-state index in [1.165, 1.54) is 12.7 Å². The van der Waals surface area contributed by atoms with Gasteiger partial charge in [0.05, 0.1) is 5.69 Å². The van der Waals surface area contributed by atoms with Crippen molar-refractivity contribution in [3.05, 3.63) is 36.2 Å². The van der Waals surface area contributed by atoms with Crippen LogP contribution in [0.15, 0.2) is 30.6 Å². The highest BCUT2D eigenvalue weighted by molar-refractivity contribution is 5.94. The smallest absolute Gasteiger partial charge is 0.254 e. The molecule has 21 heavy (non-hydrogen) atoms. The maximum absolute atomic E-state index is 12.6. The highest BCUT2D eigenvalue weighted by Crippen LogP contribution is 2.22. The zero-order chi connectivity index (χ0) is 14.7. The van der Waals surface area contributed by atoms with Crippen molar-refractivity contribution in [2.45, 2.75) is 38.6 Å². The van der Waals surface area contributed by atoms with E-state index in [0.717, 1.165) is 37.1 Å². The number of likely N-dealkylation sites (tertiary alicyclic amines) is 1. The van der Waals surface area contributed by atoms with Gasteiger partial charge in [-0.3, -0.25) is 4.79 Å². The highest BCUT2D eigenvalue weighted by atomic mass is 16.2. The lowest BCUT2D eigenvalue weighted by molar-refractivity contribution is 0.0608. The predicted octanol–water partition coefficient (Wildman–Crippen LogP) is 2.07. The standard InChI is InChI=1S/C15H19N5O/c1-2-13-5-3-4-10-19(13)15(21)12-6-8-14(9-7-12)20-11-16-17-18-20/h6-9,11,13H,2-5,10H2,1H3/t13-/m0/s1. The predicted molar refractivity (Wildman–Crippen MR) is 78.1 cm³/mol. The number of aromatic nitrogens is 4. The van der Waals surface area contributed by atoms with Gasteiger partial charge >= 0.3 is 0 Å². The maximum Gasteiger partial charge on any atom is 0.254 e. The number of hydrogen-bond donors (Lipinski definition) is 0. The van der Waals surface area contributed by atoms with E-state index in [9.17, 15) is 4.79 Å². The summed E-state index contributed by atoms with van der Waals surface area (Å²) in [5.41, 5.74) is 1.58. The molecule has 0 N–H and O–H groups in total. The number of nitrogens with zero attached hydrogens (tertiary/aromatic N) is 5. The zero-order valence-corrected chi connectivity index (χ0v) is 12.1. The lowest BCUT2D eigenvalue weighted by atomic mass is 9.99. The van der Waals surface area contributed by atoms with Crippen LogP contribution in [0.4, 0.5) is 0 Å². The SMILES string of the molecule is CC[C@H]1CCCCN1C(=O)c1ccc(-n2cnnn2)cc1. The van der Waals surface area contributed by atoms with Crippen molar-refractivity contribution in [1.82, 2.24) is 25.1 Å². The molecule has 1 aliphatic heterocycles. The van der Waals surface area contributed by atoms with E-state index in [4.69, 9.17) is 0 Å². The number of piperidine rings is 1. The largest absolute Gasteiger partial charge is 0.336 e. The molecule has 3 rings (SSSR count). The van der Waals surface area contributed by atoms with Gasteiger partial charge in [0.1, 0.15) is 6.33 Å². The summed E-state index contributed by atoms with van der Waals surface area (Å²) >= 11 is 0. The fraction of sp³-hybridized carbons (Fsp3) is 0.467. The average molecular weight is 285 g/mol. The third-order valence-corrected chi connectivity index (χ3v) is 4.09. The third-order valence-electron chi connectivity index (χ3n) is 4.09. The number of carbonyl (C=O) groups excluding carboxylic acids is 1. The van der Waals surface area contributed by atoms with Gasteiger partial charge in [-0.05, 0) is 60.4 Å². The Hall–Kier alpha value is -2.24. The second kappa shape index (κ2) is 6.03. The minimum absolute atomic E-state index is 0.129. The Bertz CT molecular complexity index is 593. The molecule has 6 nitrogen and oxygen atoms in total. The number of hydrogen-bond acceptors (Lipinski definition) is 4. The van der Waals surface area contributed by atoms with Gasteiger partial charge < -0.3 is 4.90 Å². The molecule has 0 saturated carbocycles. The molecule has 1 saturated heterocycles. The fourth-order valence-electron chi connectivity index (χ4n) is 2.89. The van der Waals surface area contributed by atoms with Gasteiger partial charge in [0, 0.05) is 18.2 Å². The van der Waals surface area contributed by atoms with E-state index in [2.05, 4.69) is 22.4 Å². The first-order valence-electron chi connectivity index (χ1n) is 7.44. The Kier molecular flexibility index (Phi) is 3.94. The Morgan fingerprint density at radius 1 is 1.29 bits per heavy atom. The summed E-state index contributed by atoms with van der Waals surface area (Å²) in [5, 5.41) is 11.1. The van der Waals surface area contributed by atoms with Crippen molar-refractivity contribution >= 4 is 5.91 Å². The van der Waals surface area contributed by atoms with E-state index < -0.39 is 0 Å². The molecule has 0 aliphatic carbocycles. The molecular weight excluding hydrogens is 266 g/mol. The lowest BCUT2D eigenvalue weighted by Gasteiger charge is -2.35. The van der Waals surface area contributed by atoms with Crippen LogP contribution in [0.25, 0.3) is 5.69 Å². The van der Waals surface area contributed by atoms with Gasteiger partial charge in [-0.15, -0.1) is 5.10 Å². The Labute approximate surface area is 123 Å². The number of rotatable bonds is 3. The maximum atomic E-state index is 12.6. The molecule has 2 aromatic rings. The summed E-state index contributed by atoms with van der Waals surface area (Å²) in [6.45, 7) is 3.02. The molecule has 0 bridgehead atoms. The van der Waals surface area contributed by atoms with Gasteiger partial charge in [0.25, 0.3) is 5.91 Å². The van der Waals surface area contributed by atoms with Crippen LogP contribution >= 0.6 is 0 Å². The van der Waals surface area contributed by atoms with E-state index in [1.807, 2.05) is 29.2 Å². The molecule has 110 valence electrons.